The lowest BCUT2D eigenvalue weighted by Crippen LogP contribution is -2.36. The molecule has 27 heavy (non-hydrogen) atoms. The van der Waals surface area contributed by atoms with Gasteiger partial charge in [0.1, 0.15) is 0 Å². The third kappa shape index (κ3) is 3.40. The van der Waals surface area contributed by atoms with Crippen LogP contribution in [0.1, 0.15) is 25.6 Å². The molecule has 0 amide bonds. The van der Waals surface area contributed by atoms with Crippen LogP contribution in [0.25, 0.3) is 10.8 Å². The number of hydrogen-bond acceptors (Lipinski definition) is 6. The first-order valence-corrected chi connectivity index (χ1v) is 9.21. The molecule has 1 saturated heterocycles. The van der Waals surface area contributed by atoms with E-state index in [4.69, 9.17) is 4.74 Å². The lowest BCUT2D eigenvalue weighted by molar-refractivity contribution is 0.122. The second kappa shape index (κ2) is 7.03. The summed E-state index contributed by atoms with van der Waals surface area (Å²) in [5.74, 6) is 1.30. The van der Waals surface area contributed by atoms with Crippen LogP contribution in [0.2, 0.25) is 0 Å². The highest BCUT2D eigenvalue weighted by atomic mass is 16.5. The number of nitrogens with zero attached hydrogens (tertiary/aromatic N) is 4. The number of hydrogen-bond donors (Lipinski definition) is 2. The third-order valence-corrected chi connectivity index (χ3v) is 4.72. The Kier molecular flexibility index (Phi) is 4.57. The van der Waals surface area contributed by atoms with Crippen molar-refractivity contribution < 1.29 is 4.74 Å². The summed E-state index contributed by atoms with van der Waals surface area (Å²) in [6.45, 7) is 8.93. The van der Waals surface area contributed by atoms with E-state index < -0.39 is 0 Å². The molecule has 1 aromatic carbocycles. The normalized spacial score (nSPS) is 14.9. The summed E-state index contributed by atoms with van der Waals surface area (Å²) in [6.07, 6.45) is 0. The van der Waals surface area contributed by atoms with Gasteiger partial charge in [-0.05, 0) is 39.0 Å². The third-order valence-electron chi connectivity index (χ3n) is 4.72. The van der Waals surface area contributed by atoms with Crippen molar-refractivity contribution in [1.82, 2.24) is 20.0 Å². The molecule has 8 heteroatoms. The molecule has 0 atom stereocenters. The molecule has 0 bridgehead atoms. The number of rotatable bonds is 4. The maximum absolute atomic E-state index is 12.9. The van der Waals surface area contributed by atoms with E-state index in [0.29, 0.717) is 30.2 Å². The summed E-state index contributed by atoms with van der Waals surface area (Å²) < 4.78 is 6.96. The summed E-state index contributed by atoms with van der Waals surface area (Å²) in [6, 6.07) is 7.79. The predicted molar refractivity (Wildman–Crippen MR) is 106 cm³/mol. The van der Waals surface area contributed by atoms with Crippen LogP contribution in [-0.2, 0) is 4.74 Å². The van der Waals surface area contributed by atoms with Crippen molar-refractivity contribution in [2.24, 2.45) is 0 Å². The van der Waals surface area contributed by atoms with E-state index in [1.807, 2.05) is 45.0 Å². The number of benzene rings is 1. The van der Waals surface area contributed by atoms with Crippen LogP contribution < -0.4 is 15.8 Å². The second-order valence-corrected chi connectivity index (χ2v) is 7.08. The van der Waals surface area contributed by atoms with Gasteiger partial charge in [0.05, 0.1) is 24.6 Å². The molecule has 8 nitrogen and oxygen atoms in total. The predicted octanol–water partition coefficient (Wildman–Crippen LogP) is 2.59. The van der Waals surface area contributed by atoms with Gasteiger partial charge in [0.25, 0.3) is 5.56 Å². The summed E-state index contributed by atoms with van der Waals surface area (Å²) >= 11 is 0. The van der Waals surface area contributed by atoms with Gasteiger partial charge in [-0.25, -0.2) is 4.68 Å². The molecule has 2 aromatic heterocycles. The van der Waals surface area contributed by atoms with E-state index in [-0.39, 0.29) is 11.6 Å². The number of fused-ring (bicyclic) bond motifs is 1. The minimum atomic E-state index is -0.0858. The fourth-order valence-corrected chi connectivity index (χ4v) is 3.31. The zero-order valence-corrected chi connectivity index (χ0v) is 15.8. The van der Waals surface area contributed by atoms with E-state index in [1.54, 1.807) is 0 Å². The molecule has 0 radical (unpaired) electrons. The number of nitrogens with one attached hydrogen (secondary N) is 2. The van der Waals surface area contributed by atoms with Crippen molar-refractivity contribution in [3.63, 3.8) is 0 Å². The Balaban J connectivity index is 1.85. The standard InChI is InChI=1S/C19H24N6O2/c1-12(2)25-19(26)15-5-4-14(24-6-8-27-9-7-24)11-16(15)18(23-25)20-17-10-13(3)21-22-17/h4-5,10-12H,6-9H2,1-3H3,(H2,20,21,22,23). The lowest BCUT2D eigenvalue weighted by Gasteiger charge is -2.29. The number of ether oxygens (including phenoxy) is 1. The monoisotopic (exact) mass is 368 g/mol. The molecule has 2 N–H and O–H groups in total. The first-order chi connectivity index (χ1) is 13.0. The molecular formula is C19H24N6O2. The number of aromatic nitrogens is 4. The fourth-order valence-electron chi connectivity index (χ4n) is 3.31. The molecular weight excluding hydrogens is 344 g/mol. The maximum Gasteiger partial charge on any atom is 0.275 e. The van der Waals surface area contributed by atoms with E-state index >= 15 is 0 Å². The Bertz CT molecular complexity index is 1020. The number of aromatic amines is 1. The van der Waals surface area contributed by atoms with Gasteiger partial charge in [-0.3, -0.25) is 9.89 Å². The van der Waals surface area contributed by atoms with Gasteiger partial charge < -0.3 is 15.0 Å². The minimum absolute atomic E-state index is 0.0395. The van der Waals surface area contributed by atoms with E-state index in [0.717, 1.165) is 29.9 Å². The molecule has 0 spiro atoms. The first-order valence-electron chi connectivity index (χ1n) is 9.21. The maximum atomic E-state index is 12.9. The average molecular weight is 368 g/mol. The smallest absolute Gasteiger partial charge is 0.275 e. The number of anilines is 3. The van der Waals surface area contributed by atoms with Crippen molar-refractivity contribution in [1.29, 1.82) is 0 Å². The molecule has 3 heterocycles. The molecule has 1 aliphatic rings. The van der Waals surface area contributed by atoms with Gasteiger partial charge >= 0.3 is 0 Å². The Hall–Kier alpha value is -2.87. The van der Waals surface area contributed by atoms with Gasteiger partial charge in [-0.2, -0.15) is 10.2 Å². The van der Waals surface area contributed by atoms with Crippen LogP contribution in [0.5, 0.6) is 0 Å². The summed E-state index contributed by atoms with van der Waals surface area (Å²) in [5.41, 5.74) is 1.93. The molecule has 142 valence electrons. The van der Waals surface area contributed by atoms with Gasteiger partial charge in [-0.15, -0.1) is 0 Å². The molecule has 0 aliphatic carbocycles. The molecule has 1 aliphatic heterocycles. The summed E-state index contributed by atoms with van der Waals surface area (Å²) in [7, 11) is 0. The fraction of sp³-hybridized carbons (Fsp3) is 0.421. The van der Waals surface area contributed by atoms with Crippen LogP contribution in [0.4, 0.5) is 17.3 Å². The number of aryl methyl sites for hydroxylation is 1. The van der Waals surface area contributed by atoms with Crippen molar-refractivity contribution in [3.05, 3.63) is 40.3 Å². The molecule has 0 unspecified atom stereocenters. The topological polar surface area (TPSA) is 88.1 Å². The van der Waals surface area contributed by atoms with Crippen LogP contribution in [0.15, 0.2) is 29.1 Å². The highest BCUT2D eigenvalue weighted by Gasteiger charge is 2.17. The zero-order chi connectivity index (χ0) is 19.0. The Morgan fingerprint density at radius 3 is 2.63 bits per heavy atom. The largest absolute Gasteiger partial charge is 0.378 e. The number of H-pyrrole nitrogens is 1. The highest BCUT2D eigenvalue weighted by Crippen LogP contribution is 2.27. The van der Waals surface area contributed by atoms with Crippen molar-refractivity contribution in [2.45, 2.75) is 26.8 Å². The van der Waals surface area contributed by atoms with Gasteiger partial charge in [0, 0.05) is 35.9 Å². The summed E-state index contributed by atoms with van der Waals surface area (Å²) in [4.78, 5) is 15.1. The first kappa shape index (κ1) is 17.5. The molecule has 1 fully saturated rings. The summed E-state index contributed by atoms with van der Waals surface area (Å²) in [5, 5.41) is 16.4. The van der Waals surface area contributed by atoms with Crippen LogP contribution in [-0.4, -0.2) is 46.3 Å². The van der Waals surface area contributed by atoms with E-state index in [9.17, 15) is 4.79 Å². The molecule has 3 aromatic rings. The van der Waals surface area contributed by atoms with Crippen molar-refractivity contribution in [2.75, 3.05) is 36.5 Å². The van der Waals surface area contributed by atoms with Crippen LogP contribution in [0.3, 0.4) is 0 Å². The van der Waals surface area contributed by atoms with Crippen LogP contribution >= 0.6 is 0 Å². The Labute approximate surface area is 157 Å². The quantitative estimate of drug-likeness (QED) is 0.736. The van der Waals surface area contributed by atoms with Gasteiger partial charge in [0.15, 0.2) is 11.6 Å². The Morgan fingerprint density at radius 2 is 1.96 bits per heavy atom. The number of morpholine rings is 1. The SMILES string of the molecule is Cc1cc(Nc2nn(C(C)C)c(=O)c3ccc(N4CCOCC4)cc23)n[nH]1. The molecule has 0 saturated carbocycles. The Morgan fingerprint density at radius 1 is 1.19 bits per heavy atom. The highest BCUT2D eigenvalue weighted by molar-refractivity contribution is 5.94. The van der Waals surface area contributed by atoms with Crippen molar-refractivity contribution in [3.8, 4) is 0 Å². The second-order valence-electron chi connectivity index (χ2n) is 7.08. The van der Waals surface area contributed by atoms with Crippen LogP contribution in [0, 0.1) is 6.92 Å². The van der Waals surface area contributed by atoms with Gasteiger partial charge in [0.2, 0.25) is 0 Å². The minimum Gasteiger partial charge on any atom is -0.378 e. The molecule has 4 rings (SSSR count). The van der Waals surface area contributed by atoms with E-state index in [2.05, 4.69) is 25.5 Å². The van der Waals surface area contributed by atoms with Crippen molar-refractivity contribution >= 4 is 28.1 Å². The average Bonchev–Trinajstić information content (AvgIpc) is 3.09. The zero-order valence-electron chi connectivity index (χ0n) is 15.8. The van der Waals surface area contributed by atoms with Gasteiger partial charge in [-0.1, -0.05) is 0 Å². The van der Waals surface area contributed by atoms with E-state index in [1.165, 1.54) is 4.68 Å². The lowest BCUT2D eigenvalue weighted by atomic mass is 10.1.